The van der Waals surface area contributed by atoms with Crippen molar-refractivity contribution in [1.29, 1.82) is 0 Å². The van der Waals surface area contributed by atoms with Gasteiger partial charge in [0.15, 0.2) is 0 Å². The SMILES string of the molecule is O=C(CCN1CCOC1=O)Nc1ccnn1CCc1ccccc1. The van der Waals surface area contributed by atoms with Gasteiger partial charge in [0.05, 0.1) is 12.7 Å². The van der Waals surface area contributed by atoms with Gasteiger partial charge in [0.25, 0.3) is 0 Å². The highest BCUT2D eigenvalue weighted by Crippen LogP contribution is 2.10. The predicted molar refractivity (Wildman–Crippen MR) is 88.5 cm³/mol. The Bertz CT molecular complexity index is 699. The van der Waals surface area contributed by atoms with Crippen molar-refractivity contribution in [3.8, 4) is 0 Å². The maximum Gasteiger partial charge on any atom is 0.409 e. The summed E-state index contributed by atoms with van der Waals surface area (Å²) < 4.78 is 6.61. The van der Waals surface area contributed by atoms with E-state index in [9.17, 15) is 9.59 Å². The van der Waals surface area contributed by atoms with Crippen LogP contribution in [0.2, 0.25) is 0 Å². The molecule has 1 fully saturated rings. The van der Waals surface area contributed by atoms with Crippen molar-refractivity contribution in [3.63, 3.8) is 0 Å². The first-order valence-corrected chi connectivity index (χ1v) is 7.99. The zero-order valence-electron chi connectivity index (χ0n) is 13.4. The number of aromatic nitrogens is 2. The summed E-state index contributed by atoms with van der Waals surface area (Å²) in [5.74, 6) is 0.524. The van der Waals surface area contributed by atoms with Crippen molar-refractivity contribution in [2.45, 2.75) is 19.4 Å². The number of cyclic esters (lactones) is 1. The van der Waals surface area contributed by atoms with Gasteiger partial charge in [-0.2, -0.15) is 5.10 Å². The van der Waals surface area contributed by atoms with Crippen molar-refractivity contribution in [3.05, 3.63) is 48.2 Å². The lowest BCUT2D eigenvalue weighted by Crippen LogP contribution is -2.28. The van der Waals surface area contributed by atoms with E-state index in [2.05, 4.69) is 22.5 Å². The largest absolute Gasteiger partial charge is 0.448 e. The van der Waals surface area contributed by atoms with Gasteiger partial charge >= 0.3 is 6.09 Å². The standard InChI is InChI=1S/C17H20N4O3/c22-16(8-10-20-12-13-24-17(20)23)19-15-6-9-18-21(15)11-7-14-4-2-1-3-5-14/h1-6,9H,7-8,10-13H2,(H,19,22). The summed E-state index contributed by atoms with van der Waals surface area (Å²) in [6.45, 7) is 1.99. The van der Waals surface area contributed by atoms with Gasteiger partial charge in [0, 0.05) is 25.6 Å². The second-order valence-corrected chi connectivity index (χ2v) is 5.57. The Morgan fingerprint density at radius 2 is 2.04 bits per heavy atom. The number of rotatable bonds is 7. The molecule has 0 unspecified atom stereocenters. The molecular weight excluding hydrogens is 308 g/mol. The Hall–Kier alpha value is -2.83. The lowest BCUT2D eigenvalue weighted by Gasteiger charge is -2.13. The van der Waals surface area contributed by atoms with Crippen LogP contribution in [0.4, 0.5) is 10.6 Å². The van der Waals surface area contributed by atoms with Crippen molar-refractivity contribution >= 4 is 17.8 Å². The van der Waals surface area contributed by atoms with Crippen LogP contribution in [0.1, 0.15) is 12.0 Å². The Balaban J connectivity index is 1.49. The zero-order valence-corrected chi connectivity index (χ0v) is 13.4. The Morgan fingerprint density at radius 1 is 1.21 bits per heavy atom. The van der Waals surface area contributed by atoms with Crippen LogP contribution in [0, 0.1) is 0 Å². The van der Waals surface area contributed by atoms with Crippen LogP contribution < -0.4 is 5.32 Å². The minimum absolute atomic E-state index is 0.142. The third-order valence-corrected chi connectivity index (χ3v) is 3.89. The number of nitrogens with zero attached hydrogens (tertiary/aromatic N) is 3. The van der Waals surface area contributed by atoms with Crippen molar-refractivity contribution in [2.75, 3.05) is 25.0 Å². The number of carbonyl (C=O) groups excluding carboxylic acids is 2. The van der Waals surface area contributed by atoms with E-state index < -0.39 is 0 Å². The van der Waals surface area contributed by atoms with Crippen LogP contribution in [0.15, 0.2) is 42.6 Å². The molecule has 0 atom stereocenters. The molecule has 1 aromatic carbocycles. The number of hydrogen-bond donors (Lipinski definition) is 1. The number of nitrogens with one attached hydrogen (secondary N) is 1. The first-order valence-electron chi connectivity index (χ1n) is 7.99. The van der Waals surface area contributed by atoms with Crippen molar-refractivity contribution < 1.29 is 14.3 Å². The maximum absolute atomic E-state index is 12.1. The minimum Gasteiger partial charge on any atom is -0.448 e. The molecule has 2 aromatic rings. The molecule has 1 aliphatic rings. The molecule has 0 aliphatic carbocycles. The van der Waals surface area contributed by atoms with E-state index in [-0.39, 0.29) is 18.4 Å². The molecule has 1 aromatic heterocycles. The summed E-state index contributed by atoms with van der Waals surface area (Å²) in [7, 11) is 0. The van der Waals surface area contributed by atoms with Gasteiger partial charge in [0.2, 0.25) is 5.91 Å². The average molecular weight is 328 g/mol. The van der Waals surface area contributed by atoms with Gasteiger partial charge in [-0.15, -0.1) is 0 Å². The predicted octanol–water partition coefficient (Wildman–Crippen LogP) is 1.91. The third kappa shape index (κ3) is 4.13. The fourth-order valence-corrected chi connectivity index (χ4v) is 2.57. The van der Waals surface area contributed by atoms with Gasteiger partial charge in [-0.05, 0) is 12.0 Å². The molecule has 0 bridgehead atoms. The Morgan fingerprint density at radius 3 is 2.79 bits per heavy atom. The van der Waals surface area contributed by atoms with Gasteiger partial charge in [0.1, 0.15) is 12.4 Å². The summed E-state index contributed by atoms with van der Waals surface area (Å²) in [6.07, 6.45) is 2.39. The van der Waals surface area contributed by atoms with E-state index in [0.717, 1.165) is 6.42 Å². The minimum atomic E-state index is -0.351. The van der Waals surface area contributed by atoms with E-state index in [1.807, 2.05) is 18.2 Å². The second-order valence-electron chi connectivity index (χ2n) is 5.57. The number of amides is 2. The summed E-state index contributed by atoms with van der Waals surface area (Å²) >= 11 is 0. The van der Waals surface area contributed by atoms with Crippen LogP contribution in [0.25, 0.3) is 0 Å². The highest BCUT2D eigenvalue weighted by molar-refractivity contribution is 5.90. The van der Waals surface area contributed by atoms with Crippen LogP contribution in [-0.4, -0.2) is 46.4 Å². The molecule has 2 amide bonds. The molecule has 0 saturated carbocycles. The molecule has 126 valence electrons. The molecule has 0 spiro atoms. The molecule has 2 heterocycles. The molecule has 0 radical (unpaired) electrons. The van der Waals surface area contributed by atoms with E-state index in [1.165, 1.54) is 10.5 Å². The summed E-state index contributed by atoms with van der Waals surface area (Å²) in [6, 6.07) is 11.9. The lowest BCUT2D eigenvalue weighted by atomic mass is 10.1. The monoisotopic (exact) mass is 328 g/mol. The third-order valence-electron chi connectivity index (χ3n) is 3.89. The lowest BCUT2D eigenvalue weighted by molar-refractivity contribution is -0.116. The quantitative estimate of drug-likeness (QED) is 0.842. The average Bonchev–Trinajstić information content (AvgIpc) is 3.21. The molecule has 7 heteroatoms. The van der Waals surface area contributed by atoms with E-state index in [0.29, 0.717) is 32.1 Å². The first kappa shape index (κ1) is 16.0. The summed E-state index contributed by atoms with van der Waals surface area (Å²) in [5.41, 5.74) is 1.22. The number of hydrogen-bond acceptors (Lipinski definition) is 4. The van der Waals surface area contributed by atoms with Crippen molar-refractivity contribution in [2.24, 2.45) is 0 Å². The maximum atomic E-state index is 12.1. The highest BCUT2D eigenvalue weighted by Gasteiger charge is 2.22. The fourth-order valence-electron chi connectivity index (χ4n) is 2.57. The molecule has 1 N–H and O–H groups in total. The topological polar surface area (TPSA) is 76.5 Å². The van der Waals surface area contributed by atoms with Crippen LogP contribution in [0.5, 0.6) is 0 Å². The van der Waals surface area contributed by atoms with Crippen molar-refractivity contribution in [1.82, 2.24) is 14.7 Å². The number of ether oxygens (including phenoxy) is 1. The van der Waals surface area contributed by atoms with Gasteiger partial charge in [-0.25, -0.2) is 9.48 Å². The normalized spacial score (nSPS) is 13.8. The fraction of sp³-hybridized carbons (Fsp3) is 0.353. The van der Waals surface area contributed by atoms with Gasteiger partial charge in [-0.1, -0.05) is 30.3 Å². The first-order chi connectivity index (χ1) is 11.7. The number of benzene rings is 1. The van der Waals surface area contributed by atoms with Crippen LogP contribution in [-0.2, 0) is 22.5 Å². The molecular formula is C17H20N4O3. The van der Waals surface area contributed by atoms with Gasteiger partial charge < -0.3 is 15.0 Å². The number of aryl methyl sites for hydroxylation is 2. The highest BCUT2D eigenvalue weighted by atomic mass is 16.6. The summed E-state index contributed by atoms with van der Waals surface area (Å²) in [5, 5.41) is 7.10. The molecule has 7 nitrogen and oxygen atoms in total. The summed E-state index contributed by atoms with van der Waals surface area (Å²) in [4.78, 5) is 24.9. The molecule has 24 heavy (non-hydrogen) atoms. The smallest absolute Gasteiger partial charge is 0.409 e. The van der Waals surface area contributed by atoms with Crippen LogP contribution >= 0.6 is 0 Å². The number of carbonyl (C=O) groups is 2. The number of anilines is 1. The van der Waals surface area contributed by atoms with Crippen LogP contribution in [0.3, 0.4) is 0 Å². The van der Waals surface area contributed by atoms with E-state index in [4.69, 9.17) is 4.74 Å². The Kier molecular flexibility index (Phi) is 5.10. The second kappa shape index (κ2) is 7.63. The van der Waals surface area contributed by atoms with E-state index >= 15 is 0 Å². The molecule has 1 aliphatic heterocycles. The Labute approximate surface area is 140 Å². The van der Waals surface area contributed by atoms with E-state index in [1.54, 1.807) is 16.9 Å². The van der Waals surface area contributed by atoms with Gasteiger partial charge in [-0.3, -0.25) is 4.79 Å². The molecule has 3 rings (SSSR count). The molecule has 1 saturated heterocycles. The zero-order chi connectivity index (χ0) is 16.8.